The molecule has 0 nitrogen and oxygen atoms in total. The van der Waals surface area contributed by atoms with Crippen molar-refractivity contribution in [3.05, 3.63) is 21.7 Å². The molecule has 0 spiro atoms. The molecule has 0 N–H and O–H groups in total. The molecule has 56 valence electrons. The first-order chi connectivity index (χ1) is 4.61. The standard InChI is InChI=1S/C9H13Br/c1-6-4-9(10)5-7(2)8(6)3/h4,7H,5H2,1-3H3. The van der Waals surface area contributed by atoms with E-state index in [1.807, 2.05) is 0 Å². The summed E-state index contributed by atoms with van der Waals surface area (Å²) in [5.74, 6) is 0.722. The van der Waals surface area contributed by atoms with Gasteiger partial charge in [0.1, 0.15) is 0 Å². The predicted octanol–water partition coefficient (Wildman–Crippen LogP) is 3.64. The summed E-state index contributed by atoms with van der Waals surface area (Å²) in [7, 11) is 0. The summed E-state index contributed by atoms with van der Waals surface area (Å²) in [5.41, 5.74) is 2.95. The summed E-state index contributed by atoms with van der Waals surface area (Å²) in [6.07, 6.45) is 3.39. The Morgan fingerprint density at radius 2 is 2.10 bits per heavy atom. The molecular weight excluding hydrogens is 188 g/mol. The van der Waals surface area contributed by atoms with Gasteiger partial charge in [-0.2, -0.15) is 0 Å². The molecule has 1 aliphatic carbocycles. The van der Waals surface area contributed by atoms with E-state index in [-0.39, 0.29) is 0 Å². The molecule has 1 atom stereocenters. The summed E-state index contributed by atoms with van der Waals surface area (Å²) in [4.78, 5) is 0. The van der Waals surface area contributed by atoms with Gasteiger partial charge in [0.15, 0.2) is 0 Å². The lowest BCUT2D eigenvalue weighted by Crippen LogP contribution is -2.02. The molecule has 0 aliphatic heterocycles. The molecule has 0 heterocycles. The molecule has 10 heavy (non-hydrogen) atoms. The second kappa shape index (κ2) is 2.91. The van der Waals surface area contributed by atoms with Crippen LogP contribution in [-0.2, 0) is 0 Å². The SMILES string of the molecule is CC1=C(C)C(C)CC(Br)=C1. The smallest absolute Gasteiger partial charge is 0.00409 e. The molecule has 0 bridgehead atoms. The van der Waals surface area contributed by atoms with E-state index < -0.39 is 0 Å². The fraction of sp³-hybridized carbons (Fsp3) is 0.556. The molecule has 0 fully saturated rings. The van der Waals surface area contributed by atoms with Gasteiger partial charge < -0.3 is 0 Å². The fourth-order valence-corrected chi connectivity index (χ4v) is 2.07. The van der Waals surface area contributed by atoms with Gasteiger partial charge in [-0.1, -0.05) is 34.0 Å². The summed E-state index contributed by atoms with van der Waals surface area (Å²) in [6.45, 7) is 6.66. The highest BCUT2D eigenvalue weighted by Crippen LogP contribution is 2.31. The van der Waals surface area contributed by atoms with Crippen LogP contribution in [0.5, 0.6) is 0 Å². The molecule has 0 aromatic rings. The molecular formula is C9H13Br. The predicted molar refractivity (Wildman–Crippen MR) is 49.2 cm³/mol. The van der Waals surface area contributed by atoms with Crippen molar-refractivity contribution in [2.45, 2.75) is 27.2 Å². The summed E-state index contributed by atoms with van der Waals surface area (Å²) in [5, 5.41) is 0. The highest BCUT2D eigenvalue weighted by atomic mass is 79.9. The lowest BCUT2D eigenvalue weighted by Gasteiger charge is -2.18. The van der Waals surface area contributed by atoms with Crippen molar-refractivity contribution < 1.29 is 0 Å². The Morgan fingerprint density at radius 3 is 2.60 bits per heavy atom. The van der Waals surface area contributed by atoms with Crippen molar-refractivity contribution in [1.29, 1.82) is 0 Å². The Labute approximate surface area is 71.1 Å². The fourth-order valence-electron chi connectivity index (χ4n) is 1.24. The Kier molecular flexibility index (Phi) is 2.35. The van der Waals surface area contributed by atoms with E-state index in [0.29, 0.717) is 0 Å². The van der Waals surface area contributed by atoms with Crippen LogP contribution in [0.3, 0.4) is 0 Å². The van der Waals surface area contributed by atoms with Crippen LogP contribution in [-0.4, -0.2) is 0 Å². The van der Waals surface area contributed by atoms with Crippen molar-refractivity contribution in [1.82, 2.24) is 0 Å². The van der Waals surface area contributed by atoms with Crippen molar-refractivity contribution in [2.24, 2.45) is 5.92 Å². The third-order valence-corrected chi connectivity index (χ3v) is 2.79. The van der Waals surface area contributed by atoms with Crippen molar-refractivity contribution in [3.63, 3.8) is 0 Å². The van der Waals surface area contributed by atoms with Crippen LogP contribution >= 0.6 is 15.9 Å². The second-order valence-corrected chi connectivity index (χ2v) is 4.08. The molecule has 1 aliphatic rings. The molecule has 0 saturated heterocycles. The molecule has 1 rings (SSSR count). The van der Waals surface area contributed by atoms with Crippen LogP contribution in [0.2, 0.25) is 0 Å². The summed E-state index contributed by atoms with van der Waals surface area (Å²) in [6, 6.07) is 0. The molecule has 0 aromatic carbocycles. The summed E-state index contributed by atoms with van der Waals surface area (Å²) < 4.78 is 1.34. The van der Waals surface area contributed by atoms with E-state index in [2.05, 4.69) is 42.8 Å². The van der Waals surface area contributed by atoms with Crippen molar-refractivity contribution in [2.75, 3.05) is 0 Å². The minimum absolute atomic E-state index is 0.722. The molecule has 0 aromatic heterocycles. The third kappa shape index (κ3) is 1.51. The lowest BCUT2D eigenvalue weighted by atomic mass is 9.90. The van der Waals surface area contributed by atoms with Gasteiger partial charge in [0.25, 0.3) is 0 Å². The van der Waals surface area contributed by atoms with E-state index in [4.69, 9.17) is 0 Å². The molecule has 1 unspecified atom stereocenters. The minimum atomic E-state index is 0.722. The number of hydrogen-bond acceptors (Lipinski definition) is 0. The van der Waals surface area contributed by atoms with Gasteiger partial charge in [-0.3, -0.25) is 0 Å². The monoisotopic (exact) mass is 200 g/mol. The van der Waals surface area contributed by atoms with Gasteiger partial charge in [-0.25, -0.2) is 0 Å². The Bertz CT molecular complexity index is 199. The highest BCUT2D eigenvalue weighted by molar-refractivity contribution is 9.11. The van der Waals surface area contributed by atoms with Crippen LogP contribution in [0.25, 0.3) is 0 Å². The van der Waals surface area contributed by atoms with Crippen molar-refractivity contribution >= 4 is 15.9 Å². The maximum Gasteiger partial charge on any atom is -0.00409 e. The van der Waals surface area contributed by atoms with E-state index in [0.717, 1.165) is 5.92 Å². The van der Waals surface area contributed by atoms with E-state index in [1.54, 1.807) is 0 Å². The first-order valence-corrected chi connectivity index (χ1v) is 4.44. The van der Waals surface area contributed by atoms with Crippen LogP contribution in [0.4, 0.5) is 0 Å². The Balaban J connectivity index is 2.92. The maximum absolute atomic E-state index is 3.52. The molecule has 1 heteroatoms. The van der Waals surface area contributed by atoms with Gasteiger partial charge in [0, 0.05) is 0 Å². The Morgan fingerprint density at radius 1 is 1.50 bits per heavy atom. The largest absolute Gasteiger partial charge is 0.0672 e. The van der Waals surface area contributed by atoms with Gasteiger partial charge in [-0.05, 0) is 36.7 Å². The average molecular weight is 201 g/mol. The molecule has 0 radical (unpaired) electrons. The van der Waals surface area contributed by atoms with Crippen LogP contribution in [0.1, 0.15) is 27.2 Å². The van der Waals surface area contributed by atoms with Gasteiger partial charge in [0.05, 0.1) is 0 Å². The van der Waals surface area contributed by atoms with Crippen molar-refractivity contribution in [3.8, 4) is 0 Å². The zero-order chi connectivity index (χ0) is 7.72. The topological polar surface area (TPSA) is 0 Å². The Hall–Kier alpha value is -0.0400. The van der Waals surface area contributed by atoms with Crippen LogP contribution in [0.15, 0.2) is 21.7 Å². The zero-order valence-corrected chi connectivity index (χ0v) is 8.33. The van der Waals surface area contributed by atoms with E-state index >= 15 is 0 Å². The normalized spacial score (nSPS) is 26.8. The average Bonchev–Trinajstić information content (AvgIpc) is 1.82. The number of halogens is 1. The van der Waals surface area contributed by atoms with Gasteiger partial charge >= 0.3 is 0 Å². The lowest BCUT2D eigenvalue weighted by molar-refractivity contribution is 0.673. The first-order valence-electron chi connectivity index (χ1n) is 3.64. The second-order valence-electron chi connectivity index (χ2n) is 3.06. The van der Waals surface area contributed by atoms with E-state index in [9.17, 15) is 0 Å². The van der Waals surface area contributed by atoms with Crippen LogP contribution < -0.4 is 0 Å². The number of hydrogen-bond donors (Lipinski definition) is 0. The zero-order valence-electron chi connectivity index (χ0n) is 6.74. The minimum Gasteiger partial charge on any atom is -0.0672 e. The van der Waals surface area contributed by atoms with E-state index in [1.165, 1.54) is 22.0 Å². The highest BCUT2D eigenvalue weighted by Gasteiger charge is 2.12. The number of rotatable bonds is 0. The van der Waals surface area contributed by atoms with Gasteiger partial charge in [-0.15, -0.1) is 0 Å². The summed E-state index contributed by atoms with van der Waals surface area (Å²) >= 11 is 3.52. The van der Waals surface area contributed by atoms with Crippen LogP contribution in [0, 0.1) is 5.92 Å². The first kappa shape index (κ1) is 8.06. The quantitative estimate of drug-likeness (QED) is 0.561. The molecule has 0 amide bonds. The number of allylic oxidation sites excluding steroid dienone is 4. The van der Waals surface area contributed by atoms with Gasteiger partial charge in [0.2, 0.25) is 0 Å². The third-order valence-electron chi connectivity index (χ3n) is 2.24. The molecule has 0 saturated carbocycles. The maximum atomic E-state index is 3.52.